The number of nitrogens with one attached hydrogen (secondary N) is 1. The molecular weight excluding hydrogens is 190 g/mol. The van der Waals surface area contributed by atoms with Gasteiger partial charge < -0.3 is 16.0 Å². The molecule has 4 nitrogen and oxygen atoms in total. The molecule has 0 aliphatic heterocycles. The van der Waals surface area contributed by atoms with Gasteiger partial charge in [0.05, 0.1) is 0 Å². The van der Waals surface area contributed by atoms with Crippen molar-refractivity contribution in [2.45, 2.75) is 38.1 Å². The standard InChI is InChI=1S/C11H23N3O/c1-14(10-4-2-3-5-10)9-8-13-11(15)6-7-12/h10H,2-9,12H2,1H3,(H,13,15). The van der Waals surface area contributed by atoms with E-state index in [0.29, 0.717) is 13.0 Å². The number of rotatable bonds is 6. The SMILES string of the molecule is CN(CCNC(=O)CCN)C1CCCC1. The fourth-order valence-electron chi connectivity index (χ4n) is 2.12. The monoisotopic (exact) mass is 213 g/mol. The molecule has 0 unspecified atom stereocenters. The second-order valence-corrected chi connectivity index (χ2v) is 4.31. The third-order valence-electron chi connectivity index (χ3n) is 3.11. The van der Waals surface area contributed by atoms with Crippen LogP contribution in [0.1, 0.15) is 32.1 Å². The van der Waals surface area contributed by atoms with E-state index in [1.165, 1.54) is 25.7 Å². The third kappa shape index (κ3) is 4.62. The van der Waals surface area contributed by atoms with Gasteiger partial charge in [-0.3, -0.25) is 4.79 Å². The van der Waals surface area contributed by atoms with Gasteiger partial charge in [-0.25, -0.2) is 0 Å². The fourth-order valence-corrected chi connectivity index (χ4v) is 2.12. The van der Waals surface area contributed by atoms with Crippen molar-refractivity contribution in [2.24, 2.45) is 5.73 Å². The Morgan fingerprint density at radius 3 is 2.73 bits per heavy atom. The Bertz CT molecular complexity index is 190. The van der Waals surface area contributed by atoms with Crippen molar-refractivity contribution in [1.29, 1.82) is 0 Å². The van der Waals surface area contributed by atoms with Gasteiger partial charge in [0.2, 0.25) is 5.91 Å². The lowest BCUT2D eigenvalue weighted by molar-refractivity contribution is -0.120. The van der Waals surface area contributed by atoms with Crippen molar-refractivity contribution in [2.75, 3.05) is 26.7 Å². The van der Waals surface area contributed by atoms with Crippen molar-refractivity contribution in [3.8, 4) is 0 Å². The molecule has 88 valence electrons. The van der Waals surface area contributed by atoms with E-state index >= 15 is 0 Å². The molecule has 0 aromatic heterocycles. The first kappa shape index (κ1) is 12.5. The highest BCUT2D eigenvalue weighted by atomic mass is 16.1. The van der Waals surface area contributed by atoms with Crippen LogP contribution in [0.2, 0.25) is 0 Å². The second-order valence-electron chi connectivity index (χ2n) is 4.31. The Morgan fingerprint density at radius 1 is 1.47 bits per heavy atom. The highest BCUT2D eigenvalue weighted by Crippen LogP contribution is 2.21. The average Bonchev–Trinajstić information content (AvgIpc) is 2.70. The molecule has 1 aliphatic rings. The highest BCUT2D eigenvalue weighted by molar-refractivity contribution is 5.75. The van der Waals surface area contributed by atoms with Crippen LogP contribution >= 0.6 is 0 Å². The lowest BCUT2D eigenvalue weighted by atomic mass is 10.2. The fraction of sp³-hybridized carbons (Fsp3) is 0.909. The molecule has 0 atom stereocenters. The Balaban J connectivity index is 2.05. The number of amides is 1. The summed E-state index contributed by atoms with van der Waals surface area (Å²) < 4.78 is 0. The van der Waals surface area contributed by atoms with Gasteiger partial charge in [0, 0.05) is 32.1 Å². The summed E-state index contributed by atoms with van der Waals surface area (Å²) in [4.78, 5) is 13.5. The maximum Gasteiger partial charge on any atom is 0.221 e. The summed E-state index contributed by atoms with van der Waals surface area (Å²) in [7, 11) is 2.14. The molecule has 15 heavy (non-hydrogen) atoms. The quantitative estimate of drug-likeness (QED) is 0.668. The third-order valence-corrected chi connectivity index (χ3v) is 3.11. The van der Waals surface area contributed by atoms with Crippen LogP contribution in [0.15, 0.2) is 0 Å². The molecule has 0 heterocycles. The molecule has 0 saturated heterocycles. The highest BCUT2D eigenvalue weighted by Gasteiger charge is 2.18. The molecule has 0 aromatic rings. The van der Waals surface area contributed by atoms with Gasteiger partial charge >= 0.3 is 0 Å². The maximum atomic E-state index is 11.1. The van der Waals surface area contributed by atoms with Crippen LogP contribution in [-0.4, -0.2) is 43.5 Å². The van der Waals surface area contributed by atoms with Crippen LogP contribution in [0.3, 0.4) is 0 Å². The molecule has 0 aromatic carbocycles. The molecule has 0 bridgehead atoms. The van der Waals surface area contributed by atoms with E-state index in [9.17, 15) is 4.79 Å². The van der Waals surface area contributed by atoms with Gasteiger partial charge in [-0.05, 0) is 19.9 Å². The van der Waals surface area contributed by atoms with E-state index in [2.05, 4.69) is 17.3 Å². The second kappa shape index (κ2) is 6.80. The molecular formula is C11H23N3O. The zero-order valence-corrected chi connectivity index (χ0v) is 9.67. The summed E-state index contributed by atoms with van der Waals surface area (Å²) in [6.07, 6.45) is 5.77. The topological polar surface area (TPSA) is 58.4 Å². The largest absolute Gasteiger partial charge is 0.355 e. The normalized spacial score (nSPS) is 17.3. The molecule has 4 heteroatoms. The van der Waals surface area contributed by atoms with E-state index in [1.54, 1.807) is 0 Å². The summed E-state index contributed by atoms with van der Waals surface area (Å²) in [5.74, 6) is 0.0670. The van der Waals surface area contributed by atoms with Gasteiger partial charge in [0.25, 0.3) is 0 Å². The van der Waals surface area contributed by atoms with Crippen LogP contribution in [0.5, 0.6) is 0 Å². The summed E-state index contributed by atoms with van der Waals surface area (Å²) in [5, 5.41) is 2.88. The van der Waals surface area contributed by atoms with Crippen molar-refractivity contribution in [1.82, 2.24) is 10.2 Å². The van der Waals surface area contributed by atoms with Crippen molar-refractivity contribution in [3.05, 3.63) is 0 Å². The van der Waals surface area contributed by atoms with Crippen LogP contribution in [0, 0.1) is 0 Å². The Labute approximate surface area is 92.2 Å². The van der Waals surface area contributed by atoms with Gasteiger partial charge in [-0.1, -0.05) is 12.8 Å². The zero-order chi connectivity index (χ0) is 11.1. The van der Waals surface area contributed by atoms with E-state index in [0.717, 1.165) is 19.1 Å². The van der Waals surface area contributed by atoms with E-state index < -0.39 is 0 Å². The van der Waals surface area contributed by atoms with Gasteiger partial charge in [-0.15, -0.1) is 0 Å². The van der Waals surface area contributed by atoms with Crippen LogP contribution in [-0.2, 0) is 4.79 Å². The van der Waals surface area contributed by atoms with Crippen LogP contribution < -0.4 is 11.1 Å². The van der Waals surface area contributed by atoms with Gasteiger partial charge in [-0.2, -0.15) is 0 Å². The predicted octanol–water partition coefficient (Wildman–Crippen LogP) is 0.326. The minimum absolute atomic E-state index is 0.0670. The number of carbonyl (C=O) groups is 1. The predicted molar refractivity (Wildman–Crippen MR) is 61.6 cm³/mol. The first-order chi connectivity index (χ1) is 7.24. The molecule has 1 aliphatic carbocycles. The number of nitrogens with two attached hydrogens (primary N) is 1. The molecule has 3 N–H and O–H groups in total. The number of nitrogens with zero attached hydrogens (tertiary/aromatic N) is 1. The minimum atomic E-state index is 0.0670. The maximum absolute atomic E-state index is 11.1. The summed E-state index contributed by atoms with van der Waals surface area (Å²) in [5.41, 5.74) is 5.29. The molecule has 1 amide bonds. The van der Waals surface area contributed by atoms with Crippen LogP contribution in [0.25, 0.3) is 0 Å². The van der Waals surface area contributed by atoms with E-state index in [4.69, 9.17) is 5.73 Å². The first-order valence-electron chi connectivity index (χ1n) is 5.91. The molecule has 1 rings (SSSR count). The minimum Gasteiger partial charge on any atom is -0.355 e. The zero-order valence-electron chi connectivity index (χ0n) is 9.67. The van der Waals surface area contributed by atoms with Crippen molar-refractivity contribution >= 4 is 5.91 Å². The van der Waals surface area contributed by atoms with Gasteiger partial charge in [0.15, 0.2) is 0 Å². The Morgan fingerprint density at radius 2 is 2.13 bits per heavy atom. The van der Waals surface area contributed by atoms with Crippen LogP contribution in [0.4, 0.5) is 0 Å². The molecule has 1 saturated carbocycles. The lowest BCUT2D eigenvalue weighted by Gasteiger charge is -2.23. The number of hydrogen-bond donors (Lipinski definition) is 2. The number of likely N-dealkylation sites (N-methyl/N-ethyl adjacent to an activating group) is 1. The molecule has 0 spiro atoms. The summed E-state index contributed by atoms with van der Waals surface area (Å²) >= 11 is 0. The summed E-state index contributed by atoms with van der Waals surface area (Å²) in [6.45, 7) is 2.12. The number of carbonyl (C=O) groups excluding carboxylic acids is 1. The van der Waals surface area contributed by atoms with Crippen molar-refractivity contribution < 1.29 is 4.79 Å². The Kier molecular flexibility index (Phi) is 5.65. The van der Waals surface area contributed by atoms with E-state index in [1.807, 2.05) is 0 Å². The average molecular weight is 213 g/mol. The van der Waals surface area contributed by atoms with Gasteiger partial charge in [0.1, 0.15) is 0 Å². The smallest absolute Gasteiger partial charge is 0.221 e. The molecule has 0 radical (unpaired) electrons. The Hall–Kier alpha value is -0.610. The van der Waals surface area contributed by atoms with Crippen molar-refractivity contribution in [3.63, 3.8) is 0 Å². The number of hydrogen-bond acceptors (Lipinski definition) is 3. The summed E-state index contributed by atoms with van der Waals surface area (Å²) in [6, 6.07) is 0.733. The van der Waals surface area contributed by atoms with E-state index in [-0.39, 0.29) is 5.91 Å². The first-order valence-corrected chi connectivity index (χ1v) is 5.91. The molecule has 1 fully saturated rings. The lowest BCUT2D eigenvalue weighted by Crippen LogP contribution is -2.37.